The maximum Gasteiger partial charge on any atom is 1.00 e. The third-order valence-electron chi connectivity index (χ3n) is 1.60. The first-order chi connectivity index (χ1) is 5.52. The average molecular weight is 220 g/mol. The van der Waals surface area contributed by atoms with E-state index in [2.05, 4.69) is 23.9 Å². The summed E-state index contributed by atoms with van der Waals surface area (Å²) < 4.78 is 29.0. The van der Waals surface area contributed by atoms with Crippen LogP contribution in [0, 0.1) is 7.05 Å². The fourth-order valence-corrected chi connectivity index (χ4v) is 0.848. The van der Waals surface area contributed by atoms with Crippen LogP contribution in [0.4, 0.5) is 12.9 Å². The van der Waals surface area contributed by atoms with Gasteiger partial charge < -0.3 is 9.80 Å². The first-order valence-electron chi connectivity index (χ1n) is 3.68. The average Bonchev–Trinajstić information content (AvgIpc) is 1.94. The Morgan fingerprint density at radius 1 is 1.08 bits per heavy atom. The molecule has 1 heterocycles. The van der Waals surface area contributed by atoms with Crippen molar-refractivity contribution < 1.29 is 64.3 Å². The van der Waals surface area contributed by atoms with Crippen LogP contribution in [0.2, 0.25) is 0 Å². The minimum atomic E-state index is -3.67. The van der Waals surface area contributed by atoms with Gasteiger partial charge in [-0.25, -0.2) is 0 Å². The zero-order chi connectivity index (χ0) is 9.56. The molecule has 0 amide bonds. The van der Waals surface area contributed by atoms with E-state index in [0.29, 0.717) is 0 Å². The van der Waals surface area contributed by atoms with Gasteiger partial charge in [0.25, 0.3) is 0 Å². The molecule has 0 unspecified atom stereocenters. The van der Waals surface area contributed by atoms with Gasteiger partial charge in [0, 0.05) is 13.1 Å². The molecular formula is C6H13BF3KN2. The fraction of sp³-hybridized carbons (Fsp3) is 0.833. The SMILES string of the molecule is FB(F)F.[CH2-]N1CCN(C)CC1.[K+]. The summed E-state index contributed by atoms with van der Waals surface area (Å²) in [6, 6.07) is 0. The van der Waals surface area contributed by atoms with Gasteiger partial charge in [0.15, 0.2) is 0 Å². The maximum absolute atomic E-state index is 9.67. The quantitative estimate of drug-likeness (QED) is 0.341. The van der Waals surface area contributed by atoms with Crippen molar-refractivity contribution in [1.82, 2.24) is 9.80 Å². The molecule has 0 aromatic carbocycles. The van der Waals surface area contributed by atoms with Crippen LogP contribution in [0.25, 0.3) is 0 Å². The maximum atomic E-state index is 9.67. The van der Waals surface area contributed by atoms with Crippen molar-refractivity contribution in [2.24, 2.45) is 0 Å². The number of hydrogen-bond acceptors (Lipinski definition) is 2. The molecule has 72 valence electrons. The number of likely N-dealkylation sites (N-methyl/N-ethyl adjacent to an activating group) is 1. The first kappa shape index (κ1) is 16.8. The van der Waals surface area contributed by atoms with Gasteiger partial charge in [-0.05, 0) is 20.1 Å². The molecule has 1 aliphatic heterocycles. The van der Waals surface area contributed by atoms with E-state index in [1.807, 2.05) is 0 Å². The molecular weight excluding hydrogens is 207 g/mol. The molecule has 0 spiro atoms. The van der Waals surface area contributed by atoms with Gasteiger partial charge >= 0.3 is 58.9 Å². The molecule has 0 aromatic heterocycles. The van der Waals surface area contributed by atoms with Crippen LogP contribution in [0.15, 0.2) is 0 Å². The summed E-state index contributed by atoms with van der Waals surface area (Å²) in [6.45, 7) is 4.58. The molecule has 0 aliphatic carbocycles. The predicted molar refractivity (Wildman–Crippen MR) is 43.5 cm³/mol. The zero-order valence-corrected chi connectivity index (χ0v) is 11.3. The van der Waals surface area contributed by atoms with E-state index in [0.717, 1.165) is 13.1 Å². The number of halogens is 3. The van der Waals surface area contributed by atoms with E-state index in [-0.39, 0.29) is 51.4 Å². The molecule has 1 saturated heterocycles. The monoisotopic (exact) mass is 220 g/mol. The minimum Gasteiger partial charge on any atom is -0.457 e. The Hall–Kier alpha value is 1.41. The Kier molecular flexibility index (Phi) is 12.9. The summed E-state index contributed by atoms with van der Waals surface area (Å²) in [5, 5.41) is 0. The third kappa shape index (κ3) is 13.4. The smallest absolute Gasteiger partial charge is 0.457 e. The fourth-order valence-electron chi connectivity index (χ4n) is 0.848. The molecule has 1 rings (SSSR count). The van der Waals surface area contributed by atoms with Gasteiger partial charge in [0.1, 0.15) is 0 Å². The molecule has 0 bridgehead atoms. The number of rotatable bonds is 0. The van der Waals surface area contributed by atoms with Crippen molar-refractivity contribution in [2.45, 2.75) is 0 Å². The van der Waals surface area contributed by atoms with Gasteiger partial charge in [0.05, 0.1) is 0 Å². The Morgan fingerprint density at radius 3 is 1.62 bits per heavy atom. The molecule has 0 saturated carbocycles. The summed E-state index contributed by atoms with van der Waals surface area (Å²) in [5.74, 6) is 0. The van der Waals surface area contributed by atoms with Gasteiger partial charge in [0.2, 0.25) is 0 Å². The van der Waals surface area contributed by atoms with Crippen molar-refractivity contribution in [2.75, 3.05) is 33.2 Å². The van der Waals surface area contributed by atoms with Crippen molar-refractivity contribution in [3.63, 3.8) is 0 Å². The Balaban J connectivity index is 0. The van der Waals surface area contributed by atoms with Crippen LogP contribution < -0.4 is 51.4 Å². The van der Waals surface area contributed by atoms with Crippen molar-refractivity contribution >= 4 is 7.54 Å². The predicted octanol–water partition coefficient (Wildman–Crippen LogP) is -2.09. The van der Waals surface area contributed by atoms with Crippen LogP contribution in [0.5, 0.6) is 0 Å². The standard InChI is InChI=1S/C6H13N2.BF3.K/c1-7-3-5-8(2)6-4-7;2-1(3)4;/h1,3-6H2,2H3;;/q-1;;+1. The largest absolute Gasteiger partial charge is 1.00 e. The Labute approximate surface area is 120 Å². The number of nitrogens with zero attached hydrogens (tertiary/aromatic N) is 2. The first-order valence-corrected chi connectivity index (χ1v) is 3.68. The second-order valence-electron chi connectivity index (χ2n) is 2.67. The summed E-state index contributed by atoms with van der Waals surface area (Å²) in [6.07, 6.45) is 0. The molecule has 0 N–H and O–H groups in total. The molecule has 0 atom stereocenters. The van der Waals surface area contributed by atoms with E-state index in [9.17, 15) is 12.9 Å². The van der Waals surface area contributed by atoms with Gasteiger partial charge in [-0.3, -0.25) is 20.0 Å². The summed E-state index contributed by atoms with van der Waals surface area (Å²) in [7, 11) is 2.32. The van der Waals surface area contributed by atoms with Crippen molar-refractivity contribution in [1.29, 1.82) is 0 Å². The summed E-state index contributed by atoms with van der Waals surface area (Å²) in [5.41, 5.74) is 0. The number of piperazine rings is 1. The van der Waals surface area contributed by atoms with E-state index >= 15 is 0 Å². The van der Waals surface area contributed by atoms with Gasteiger partial charge in [-0.2, -0.15) is 0 Å². The van der Waals surface area contributed by atoms with Crippen molar-refractivity contribution in [3.8, 4) is 0 Å². The molecule has 1 fully saturated rings. The van der Waals surface area contributed by atoms with Crippen molar-refractivity contribution in [3.05, 3.63) is 7.05 Å². The van der Waals surface area contributed by atoms with Gasteiger partial charge in [-0.1, -0.05) is 0 Å². The van der Waals surface area contributed by atoms with E-state index < -0.39 is 7.54 Å². The van der Waals surface area contributed by atoms with Crippen LogP contribution in [0.1, 0.15) is 0 Å². The summed E-state index contributed by atoms with van der Waals surface area (Å²) in [4.78, 5) is 4.43. The Bertz CT molecular complexity index is 99.3. The van der Waals surface area contributed by atoms with Crippen LogP contribution >= 0.6 is 0 Å². The molecule has 1 aliphatic rings. The molecule has 2 nitrogen and oxygen atoms in total. The van der Waals surface area contributed by atoms with E-state index in [4.69, 9.17) is 0 Å². The second-order valence-corrected chi connectivity index (χ2v) is 2.67. The van der Waals surface area contributed by atoms with E-state index in [1.54, 1.807) is 0 Å². The minimum absolute atomic E-state index is 0. The molecule has 0 aromatic rings. The zero-order valence-electron chi connectivity index (χ0n) is 8.14. The van der Waals surface area contributed by atoms with Crippen LogP contribution in [-0.2, 0) is 0 Å². The van der Waals surface area contributed by atoms with Gasteiger partial charge in [-0.15, -0.1) is 0 Å². The Morgan fingerprint density at radius 2 is 1.38 bits per heavy atom. The molecule has 7 heteroatoms. The van der Waals surface area contributed by atoms with Crippen LogP contribution in [0.3, 0.4) is 0 Å². The topological polar surface area (TPSA) is 6.48 Å². The van der Waals surface area contributed by atoms with Crippen LogP contribution in [-0.4, -0.2) is 50.6 Å². The number of hydrogen-bond donors (Lipinski definition) is 0. The van der Waals surface area contributed by atoms with E-state index in [1.165, 1.54) is 13.1 Å². The normalized spacial score (nSPS) is 18.2. The molecule has 0 radical (unpaired) electrons. The molecule has 13 heavy (non-hydrogen) atoms. The second kappa shape index (κ2) is 9.95. The third-order valence-corrected chi connectivity index (χ3v) is 1.60. The summed E-state index contributed by atoms with van der Waals surface area (Å²) >= 11 is 0.